The number of hydrazone groups is 1. The van der Waals surface area contributed by atoms with Crippen LogP contribution in [0.4, 0.5) is 10.1 Å². The third kappa shape index (κ3) is 2.87. The zero-order valence-electron chi connectivity index (χ0n) is 7.57. The van der Waals surface area contributed by atoms with Gasteiger partial charge in [-0.1, -0.05) is 0 Å². The number of carboxylic acid groups (broad SMARTS) is 1. The maximum Gasteiger partial charge on any atom is 0.337 e. The Labute approximate surface area is 84.7 Å². The van der Waals surface area contributed by atoms with Crippen molar-refractivity contribution < 1.29 is 14.3 Å². The van der Waals surface area contributed by atoms with E-state index in [4.69, 9.17) is 10.5 Å². The smallest absolute Gasteiger partial charge is 0.337 e. The van der Waals surface area contributed by atoms with Crippen molar-refractivity contribution in [3.05, 3.63) is 29.6 Å². The summed E-state index contributed by atoms with van der Waals surface area (Å²) < 4.78 is 12.8. The van der Waals surface area contributed by atoms with E-state index < -0.39 is 11.8 Å². The first-order valence-corrected chi connectivity index (χ1v) is 3.96. The Bertz CT molecular complexity index is 418. The highest BCUT2D eigenvalue weighted by atomic mass is 19.1. The summed E-state index contributed by atoms with van der Waals surface area (Å²) in [5.41, 5.74) is 2.29. The monoisotopic (exact) mass is 209 g/mol. The van der Waals surface area contributed by atoms with Crippen molar-refractivity contribution in [3.8, 4) is 0 Å². The number of carboxylic acids is 1. The quantitative estimate of drug-likeness (QED) is 0.519. The SMILES string of the molecule is N=C/C=N\Nc1cc(F)ccc1C(=O)O. The van der Waals surface area contributed by atoms with Crippen LogP contribution >= 0.6 is 0 Å². The molecule has 78 valence electrons. The maximum absolute atomic E-state index is 12.8. The largest absolute Gasteiger partial charge is 0.478 e. The molecule has 6 heteroatoms. The molecule has 0 saturated carbocycles. The van der Waals surface area contributed by atoms with Crippen LogP contribution in [-0.2, 0) is 0 Å². The van der Waals surface area contributed by atoms with Crippen LogP contribution in [0.5, 0.6) is 0 Å². The molecule has 0 fully saturated rings. The van der Waals surface area contributed by atoms with Crippen LogP contribution in [0.1, 0.15) is 10.4 Å². The summed E-state index contributed by atoms with van der Waals surface area (Å²) >= 11 is 0. The van der Waals surface area contributed by atoms with E-state index in [1.54, 1.807) is 0 Å². The number of nitrogens with zero attached hydrogens (tertiary/aromatic N) is 1. The third-order valence-electron chi connectivity index (χ3n) is 1.55. The van der Waals surface area contributed by atoms with E-state index in [-0.39, 0.29) is 11.3 Å². The van der Waals surface area contributed by atoms with Gasteiger partial charge in [-0.2, -0.15) is 5.10 Å². The molecule has 0 aromatic heterocycles. The fraction of sp³-hybridized carbons (Fsp3) is 0. The molecule has 0 unspecified atom stereocenters. The molecule has 0 heterocycles. The van der Waals surface area contributed by atoms with Gasteiger partial charge in [0.15, 0.2) is 0 Å². The van der Waals surface area contributed by atoms with E-state index >= 15 is 0 Å². The minimum atomic E-state index is -1.18. The molecule has 0 saturated heterocycles. The zero-order chi connectivity index (χ0) is 11.3. The van der Waals surface area contributed by atoms with Crippen LogP contribution in [0.3, 0.4) is 0 Å². The molecule has 5 nitrogen and oxygen atoms in total. The number of benzene rings is 1. The minimum absolute atomic E-state index is 0.0422. The second kappa shape index (κ2) is 4.85. The van der Waals surface area contributed by atoms with Crippen molar-refractivity contribution in [2.45, 2.75) is 0 Å². The lowest BCUT2D eigenvalue weighted by molar-refractivity contribution is 0.0698. The van der Waals surface area contributed by atoms with E-state index in [0.717, 1.165) is 30.6 Å². The number of anilines is 1. The van der Waals surface area contributed by atoms with Crippen molar-refractivity contribution >= 4 is 24.1 Å². The molecule has 0 aliphatic carbocycles. The average molecular weight is 209 g/mol. The maximum atomic E-state index is 12.8. The molecule has 0 aliphatic rings. The van der Waals surface area contributed by atoms with Crippen molar-refractivity contribution in [1.82, 2.24) is 0 Å². The molecule has 0 radical (unpaired) electrons. The predicted molar refractivity (Wildman–Crippen MR) is 54.3 cm³/mol. The summed E-state index contributed by atoms with van der Waals surface area (Å²) in [6.07, 6.45) is 2.02. The van der Waals surface area contributed by atoms with Crippen LogP contribution in [-0.4, -0.2) is 23.5 Å². The van der Waals surface area contributed by atoms with Crippen LogP contribution in [0.25, 0.3) is 0 Å². The Hall–Kier alpha value is -2.24. The van der Waals surface area contributed by atoms with Gasteiger partial charge >= 0.3 is 5.97 Å². The number of nitrogens with one attached hydrogen (secondary N) is 2. The molecule has 0 aliphatic heterocycles. The van der Waals surface area contributed by atoms with Gasteiger partial charge in [0.25, 0.3) is 0 Å². The fourth-order valence-electron chi connectivity index (χ4n) is 0.940. The van der Waals surface area contributed by atoms with Gasteiger partial charge in [-0.3, -0.25) is 5.43 Å². The first kappa shape index (κ1) is 10.8. The highest BCUT2D eigenvalue weighted by Crippen LogP contribution is 2.16. The van der Waals surface area contributed by atoms with Crippen molar-refractivity contribution in [2.75, 3.05) is 5.43 Å². The normalized spacial score (nSPS) is 10.2. The minimum Gasteiger partial charge on any atom is -0.478 e. The lowest BCUT2D eigenvalue weighted by Crippen LogP contribution is -2.03. The lowest BCUT2D eigenvalue weighted by Gasteiger charge is -2.04. The highest BCUT2D eigenvalue weighted by molar-refractivity contribution is 6.14. The molecule has 0 bridgehead atoms. The average Bonchev–Trinajstić information content (AvgIpc) is 2.18. The summed E-state index contributed by atoms with van der Waals surface area (Å²) in [4.78, 5) is 10.7. The summed E-state index contributed by atoms with van der Waals surface area (Å²) in [7, 11) is 0. The molecule has 1 aromatic rings. The van der Waals surface area contributed by atoms with E-state index in [9.17, 15) is 9.18 Å². The van der Waals surface area contributed by atoms with Gasteiger partial charge in [0, 0.05) is 6.21 Å². The Morgan fingerprint density at radius 2 is 2.33 bits per heavy atom. The van der Waals surface area contributed by atoms with Crippen LogP contribution in [0, 0.1) is 11.2 Å². The summed E-state index contributed by atoms with van der Waals surface area (Å²) in [6, 6.07) is 3.21. The molecule has 1 aromatic carbocycles. The van der Waals surface area contributed by atoms with E-state index in [0.29, 0.717) is 0 Å². The number of hydrogen-bond acceptors (Lipinski definition) is 4. The van der Waals surface area contributed by atoms with Crippen LogP contribution in [0.15, 0.2) is 23.3 Å². The molecule has 0 atom stereocenters. The van der Waals surface area contributed by atoms with E-state index in [1.807, 2.05) is 0 Å². The number of hydrogen-bond donors (Lipinski definition) is 3. The van der Waals surface area contributed by atoms with Gasteiger partial charge in [0.05, 0.1) is 17.5 Å². The molecule has 0 spiro atoms. The van der Waals surface area contributed by atoms with Gasteiger partial charge in [-0.25, -0.2) is 9.18 Å². The Morgan fingerprint density at radius 3 is 2.93 bits per heavy atom. The van der Waals surface area contributed by atoms with Gasteiger partial charge in [0.2, 0.25) is 0 Å². The first-order valence-electron chi connectivity index (χ1n) is 3.96. The molecular formula is C9H8FN3O2. The zero-order valence-corrected chi connectivity index (χ0v) is 7.57. The Morgan fingerprint density at radius 1 is 1.60 bits per heavy atom. The molecule has 3 N–H and O–H groups in total. The topological polar surface area (TPSA) is 85.5 Å². The van der Waals surface area contributed by atoms with E-state index in [2.05, 4.69) is 10.5 Å². The molecule has 0 amide bonds. The van der Waals surface area contributed by atoms with Gasteiger partial charge in [0.1, 0.15) is 5.82 Å². The predicted octanol–water partition coefficient (Wildman–Crippen LogP) is 1.57. The fourth-order valence-corrected chi connectivity index (χ4v) is 0.940. The number of halogens is 1. The molecular weight excluding hydrogens is 201 g/mol. The second-order valence-corrected chi connectivity index (χ2v) is 2.55. The number of carbonyl (C=O) groups is 1. The van der Waals surface area contributed by atoms with Crippen LogP contribution < -0.4 is 5.43 Å². The van der Waals surface area contributed by atoms with Crippen LogP contribution in [0.2, 0.25) is 0 Å². The first-order chi connectivity index (χ1) is 7.15. The standard InChI is InChI=1S/C9H8FN3O2/c10-6-1-2-7(9(14)15)8(5-6)13-12-4-3-11/h1-5,11,13H,(H,14,15)/b11-3?,12-4-. The van der Waals surface area contributed by atoms with Crippen molar-refractivity contribution in [3.63, 3.8) is 0 Å². The van der Waals surface area contributed by atoms with Gasteiger partial charge in [-0.05, 0) is 18.2 Å². The summed E-state index contributed by atoms with van der Waals surface area (Å²) in [5.74, 6) is -1.74. The van der Waals surface area contributed by atoms with Gasteiger partial charge < -0.3 is 10.5 Å². The molecule has 1 rings (SSSR count). The van der Waals surface area contributed by atoms with Gasteiger partial charge in [-0.15, -0.1) is 0 Å². The molecule has 15 heavy (non-hydrogen) atoms. The summed E-state index contributed by atoms with van der Waals surface area (Å²) in [5, 5.41) is 18.9. The third-order valence-corrected chi connectivity index (χ3v) is 1.55. The second-order valence-electron chi connectivity index (χ2n) is 2.55. The Balaban J connectivity index is 3.01. The number of rotatable bonds is 4. The highest BCUT2D eigenvalue weighted by Gasteiger charge is 2.09. The summed E-state index contributed by atoms with van der Waals surface area (Å²) in [6.45, 7) is 0. The van der Waals surface area contributed by atoms with E-state index in [1.165, 1.54) is 0 Å². The Kier molecular flexibility index (Phi) is 3.50. The number of aromatic carboxylic acids is 1. The van der Waals surface area contributed by atoms with Crippen molar-refractivity contribution in [1.29, 1.82) is 5.41 Å². The lowest BCUT2D eigenvalue weighted by atomic mass is 10.2. The van der Waals surface area contributed by atoms with Crippen molar-refractivity contribution in [2.24, 2.45) is 5.10 Å².